The average molecular weight is 335 g/mol. The number of hydrogen-bond donors (Lipinski definition) is 0. The molecule has 0 saturated carbocycles. The zero-order chi connectivity index (χ0) is 16.9. The molecule has 24 heavy (non-hydrogen) atoms. The number of alkyl halides is 3. The minimum atomic E-state index is -4.29. The average Bonchev–Trinajstić information content (AvgIpc) is 2.85. The van der Waals surface area contributed by atoms with Gasteiger partial charge in [0, 0.05) is 31.4 Å². The number of ether oxygens (including phenoxy) is 1. The van der Waals surface area contributed by atoms with E-state index in [0.717, 1.165) is 34.8 Å². The van der Waals surface area contributed by atoms with E-state index in [2.05, 4.69) is 14.9 Å². The molecule has 0 radical (unpaired) electrons. The predicted molar refractivity (Wildman–Crippen MR) is 80.0 cm³/mol. The maximum absolute atomic E-state index is 12.6. The number of benzene rings is 1. The highest BCUT2D eigenvalue weighted by Crippen LogP contribution is 2.43. The molecule has 1 aromatic heterocycles. The third-order valence-corrected chi connectivity index (χ3v) is 4.61. The van der Waals surface area contributed by atoms with E-state index in [4.69, 9.17) is 4.74 Å². The Kier molecular flexibility index (Phi) is 3.40. The molecule has 0 amide bonds. The van der Waals surface area contributed by atoms with Crippen LogP contribution in [0.5, 0.6) is 0 Å². The fourth-order valence-corrected chi connectivity index (χ4v) is 3.40. The van der Waals surface area contributed by atoms with Gasteiger partial charge in [-0.15, -0.1) is 0 Å². The predicted octanol–water partition coefficient (Wildman–Crippen LogP) is 3.05. The van der Waals surface area contributed by atoms with Gasteiger partial charge in [-0.2, -0.15) is 13.2 Å². The Morgan fingerprint density at radius 1 is 1.21 bits per heavy atom. The van der Waals surface area contributed by atoms with Gasteiger partial charge in [0.05, 0.1) is 17.9 Å². The number of likely N-dealkylation sites (tertiary alicyclic amines) is 1. The van der Waals surface area contributed by atoms with Crippen LogP contribution in [0.4, 0.5) is 13.2 Å². The van der Waals surface area contributed by atoms with E-state index in [0.29, 0.717) is 26.2 Å². The van der Waals surface area contributed by atoms with Crippen LogP contribution >= 0.6 is 0 Å². The summed E-state index contributed by atoms with van der Waals surface area (Å²) in [6.07, 6.45) is -2.46. The molecular formula is C17H16F3N3O. The van der Waals surface area contributed by atoms with Crippen molar-refractivity contribution in [2.75, 3.05) is 13.1 Å². The Morgan fingerprint density at radius 3 is 2.58 bits per heavy atom. The number of aryl methyl sites for hydroxylation is 1. The zero-order valence-corrected chi connectivity index (χ0v) is 13.1. The molecule has 1 spiro atoms. The van der Waals surface area contributed by atoms with Gasteiger partial charge in [-0.3, -0.25) is 4.90 Å². The van der Waals surface area contributed by atoms with Crippen LogP contribution in [0.25, 0.3) is 0 Å². The molecule has 0 unspecified atom stereocenters. The molecule has 4 nitrogen and oxygen atoms in total. The normalized spacial score (nSPS) is 19.3. The number of rotatable bonds is 2. The minimum absolute atomic E-state index is 0.352. The molecule has 2 aliphatic rings. The van der Waals surface area contributed by atoms with E-state index in [1.165, 1.54) is 12.1 Å². The summed E-state index contributed by atoms with van der Waals surface area (Å²) < 4.78 is 43.7. The Bertz CT molecular complexity index is 768. The largest absolute Gasteiger partial charge is 0.416 e. The number of fused-ring (bicyclic) bond motifs is 2. The SMILES string of the molecule is Cc1ncc2c(n1)COC21CN(Cc2ccc(C(F)(F)F)cc2)C1. The lowest BCUT2D eigenvalue weighted by molar-refractivity contribution is -0.145. The summed E-state index contributed by atoms with van der Waals surface area (Å²) in [5, 5.41) is 0. The van der Waals surface area contributed by atoms with Crippen LogP contribution in [0.3, 0.4) is 0 Å². The highest BCUT2D eigenvalue weighted by Gasteiger charge is 2.50. The van der Waals surface area contributed by atoms with Gasteiger partial charge in [0.2, 0.25) is 0 Å². The van der Waals surface area contributed by atoms with Crippen LogP contribution in [-0.2, 0) is 29.7 Å². The van der Waals surface area contributed by atoms with Crippen LogP contribution in [0, 0.1) is 6.92 Å². The second-order valence-electron chi connectivity index (χ2n) is 6.40. The molecule has 1 aromatic carbocycles. The van der Waals surface area contributed by atoms with Crippen molar-refractivity contribution in [3.8, 4) is 0 Å². The van der Waals surface area contributed by atoms with Gasteiger partial charge in [0.15, 0.2) is 0 Å². The van der Waals surface area contributed by atoms with Crippen LogP contribution in [0.15, 0.2) is 30.5 Å². The fraction of sp³-hybridized carbons (Fsp3) is 0.412. The maximum Gasteiger partial charge on any atom is 0.416 e. The molecule has 2 aliphatic heterocycles. The van der Waals surface area contributed by atoms with Gasteiger partial charge in [0.25, 0.3) is 0 Å². The number of hydrogen-bond acceptors (Lipinski definition) is 4. The molecule has 7 heteroatoms. The monoisotopic (exact) mass is 335 g/mol. The first kappa shape index (κ1) is 15.5. The van der Waals surface area contributed by atoms with Crippen LogP contribution in [0.2, 0.25) is 0 Å². The molecular weight excluding hydrogens is 319 g/mol. The molecule has 0 N–H and O–H groups in total. The maximum atomic E-state index is 12.6. The standard InChI is InChI=1S/C17H16F3N3O/c1-11-21-6-14-15(22-11)8-24-16(14)9-23(10-16)7-12-2-4-13(5-3-12)17(18,19)20/h2-6H,7-10H2,1H3. The number of halogens is 3. The summed E-state index contributed by atoms with van der Waals surface area (Å²) >= 11 is 0. The summed E-state index contributed by atoms with van der Waals surface area (Å²) in [6.45, 7) is 4.35. The molecule has 0 bridgehead atoms. The third-order valence-electron chi connectivity index (χ3n) is 4.61. The van der Waals surface area contributed by atoms with Crippen molar-refractivity contribution in [2.45, 2.75) is 31.9 Å². The molecule has 1 saturated heterocycles. The first-order valence-electron chi connectivity index (χ1n) is 7.71. The second kappa shape index (κ2) is 5.26. The Labute approximate surface area is 137 Å². The smallest absolute Gasteiger partial charge is 0.361 e. The summed E-state index contributed by atoms with van der Waals surface area (Å²) in [4.78, 5) is 10.8. The van der Waals surface area contributed by atoms with E-state index in [9.17, 15) is 13.2 Å². The van der Waals surface area contributed by atoms with E-state index in [1.54, 1.807) is 0 Å². The lowest BCUT2D eigenvalue weighted by atomic mass is 9.87. The van der Waals surface area contributed by atoms with Crippen LogP contribution in [0.1, 0.15) is 28.2 Å². The Balaban J connectivity index is 1.42. The third kappa shape index (κ3) is 2.57. The summed E-state index contributed by atoms with van der Waals surface area (Å²) in [5.74, 6) is 0.732. The second-order valence-corrected chi connectivity index (χ2v) is 6.40. The molecule has 0 aliphatic carbocycles. The van der Waals surface area contributed by atoms with Crippen LogP contribution in [-0.4, -0.2) is 28.0 Å². The van der Waals surface area contributed by atoms with E-state index in [1.807, 2.05) is 13.1 Å². The van der Waals surface area contributed by atoms with Gasteiger partial charge in [-0.05, 0) is 24.6 Å². The molecule has 1 fully saturated rings. The summed E-state index contributed by atoms with van der Waals surface area (Å²) in [6, 6.07) is 5.32. The van der Waals surface area contributed by atoms with Crippen molar-refractivity contribution in [3.05, 3.63) is 58.7 Å². The summed E-state index contributed by atoms with van der Waals surface area (Å²) in [5.41, 5.74) is 1.87. The van der Waals surface area contributed by atoms with Crippen molar-refractivity contribution in [1.29, 1.82) is 0 Å². The quantitative estimate of drug-likeness (QED) is 0.845. The highest BCUT2D eigenvalue weighted by atomic mass is 19.4. The van der Waals surface area contributed by atoms with Gasteiger partial charge in [-0.25, -0.2) is 9.97 Å². The van der Waals surface area contributed by atoms with Crippen molar-refractivity contribution in [3.63, 3.8) is 0 Å². The van der Waals surface area contributed by atoms with Gasteiger partial charge in [0.1, 0.15) is 11.4 Å². The van der Waals surface area contributed by atoms with Crippen molar-refractivity contribution < 1.29 is 17.9 Å². The highest BCUT2D eigenvalue weighted by molar-refractivity contribution is 5.33. The van der Waals surface area contributed by atoms with E-state index in [-0.39, 0.29) is 5.60 Å². The lowest BCUT2D eigenvalue weighted by Crippen LogP contribution is -2.58. The number of aromatic nitrogens is 2. The summed E-state index contributed by atoms with van der Waals surface area (Å²) in [7, 11) is 0. The van der Waals surface area contributed by atoms with Crippen LogP contribution < -0.4 is 0 Å². The van der Waals surface area contributed by atoms with E-state index < -0.39 is 11.7 Å². The molecule has 0 atom stereocenters. The molecule has 3 heterocycles. The topological polar surface area (TPSA) is 38.3 Å². The first-order chi connectivity index (χ1) is 11.4. The van der Waals surface area contributed by atoms with E-state index >= 15 is 0 Å². The van der Waals surface area contributed by atoms with Crippen molar-refractivity contribution in [1.82, 2.24) is 14.9 Å². The molecule has 126 valence electrons. The van der Waals surface area contributed by atoms with Gasteiger partial charge < -0.3 is 4.74 Å². The van der Waals surface area contributed by atoms with Crippen molar-refractivity contribution >= 4 is 0 Å². The first-order valence-corrected chi connectivity index (χ1v) is 7.71. The fourth-order valence-electron chi connectivity index (χ4n) is 3.40. The number of nitrogens with zero attached hydrogens (tertiary/aromatic N) is 3. The molecule has 2 aromatic rings. The van der Waals surface area contributed by atoms with Gasteiger partial charge in [-0.1, -0.05) is 12.1 Å². The lowest BCUT2D eigenvalue weighted by Gasteiger charge is -2.47. The molecule has 4 rings (SSSR count). The van der Waals surface area contributed by atoms with Crippen molar-refractivity contribution in [2.24, 2.45) is 0 Å². The minimum Gasteiger partial charge on any atom is -0.361 e. The Hall–Kier alpha value is -1.99. The zero-order valence-electron chi connectivity index (χ0n) is 13.1. The van der Waals surface area contributed by atoms with Gasteiger partial charge >= 0.3 is 6.18 Å². The Morgan fingerprint density at radius 2 is 1.92 bits per heavy atom.